The predicted molar refractivity (Wildman–Crippen MR) is 345 cm³/mol. The van der Waals surface area contributed by atoms with Gasteiger partial charge in [-0.15, -0.1) is 0 Å². The van der Waals surface area contributed by atoms with E-state index < -0.39 is 0 Å². The molecule has 0 aliphatic rings. The Kier molecular flexibility index (Phi) is 11.2. The number of hydrogen-bond donors (Lipinski definition) is 0. The summed E-state index contributed by atoms with van der Waals surface area (Å²) < 4.78 is 7.28. The van der Waals surface area contributed by atoms with E-state index in [1.807, 2.05) is 36.4 Å². The van der Waals surface area contributed by atoms with Gasteiger partial charge in [0.1, 0.15) is 0 Å². The molecule has 6 nitrogen and oxygen atoms in total. The van der Waals surface area contributed by atoms with Crippen LogP contribution in [0, 0.1) is 13.8 Å². The first kappa shape index (κ1) is 48.0. The molecule has 0 amide bonds. The van der Waals surface area contributed by atoms with Crippen LogP contribution in [-0.4, -0.2) is 28.7 Å². The zero-order chi connectivity index (χ0) is 55.1. The van der Waals surface area contributed by atoms with E-state index in [4.69, 9.17) is 15.0 Å². The molecular formula is C77H52N6. The first-order valence-electron chi connectivity index (χ1n) is 28.3. The van der Waals surface area contributed by atoms with Crippen LogP contribution >= 0.6 is 0 Å². The maximum absolute atomic E-state index is 5.39. The van der Waals surface area contributed by atoms with Gasteiger partial charge in [0.25, 0.3) is 0 Å². The zero-order valence-electron chi connectivity index (χ0n) is 45.7. The Morgan fingerprint density at radius 1 is 0.241 bits per heavy atom. The van der Waals surface area contributed by atoms with Crippen molar-refractivity contribution in [1.29, 1.82) is 0 Å². The minimum atomic E-state index is 0.580. The first-order chi connectivity index (χ1) is 41.0. The molecule has 16 rings (SSSR count). The van der Waals surface area contributed by atoms with E-state index >= 15 is 0 Å². The predicted octanol–water partition coefficient (Wildman–Crippen LogP) is 19.8. The zero-order valence-corrected chi connectivity index (χ0v) is 45.7. The number of nitrogens with zero attached hydrogens (tertiary/aromatic N) is 6. The van der Waals surface area contributed by atoms with Crippen molar-refractivity contribution in [2.24, 2.45) is 0 Å². The quantitative estimate of drug-likeness (QED) is 0.145. The summed E-state index contributed by atoms with van der Waals surface area (Å²) >= 11 is 0. The maximum Gasteiger partial charge on any atom is 0.164 e. The molecule has 0 fully saturated rings. The number of benzene rings is 12. The summed E-state index contributed by atoms with van der Waals surface area (Å²) in [7, 11) is 0. The normalized spacial score (nSPS) is 11.7. The molecule has 0 radical (unpaired) electrons. The molecule has 16 aromatic rings. The van der Waals surface area contributed by atoms with E-state index in [1.165, 1.54) is 76.6 Å². The maximum atomic E-state index is 5.39. The highest BCUT2D eigenvalue weighted by Crippen LogP contribution is 2.46. The van der Waals surface area contributed by atoms with Crippen LogP contribution in [0.2, 0.25) is 0 Å². The molecule has 83 heavy (non-hydrogen) atoms. The smallest absolute Gasteiger partial charge is 0.164 e. The summed E-state index contributed by atoms with van der Waals surface area (Å²) in [6.45, 7) is 4.38. The third kappa shape index (κ3) is 7.98. The molecule has 0 N–H and O–H groups in total. The number of aryl methyl sites for hydroxylation is 2. The fourth-order valence-electron chi connectivity index (χ4n) is 12.9. The number of para-hydroxylation sites is 5. The van der Waals surface area contributed by atoms with E-state index in [0.29, 0.717) is 17.5 Å². The summed E-state index contributed by atoms with van der Waals surface area (Å²) in [5, 5.41) is 7.27. The van der Waals surface area contributed by atoms with Crippen molar-refractivity contribution in [3.05, 3.63) is 290 Å². The van der Waals surface area contributed by atoms with Crippen LogP contribution in [0.5, 0.6) is 0 Å². The Morgan fingerprint density at radius 3 is 1.04 bits per heavy atom. The number of fused-ring (bicyclic) bond motifs is 9. The van der Waals surface area contributed by atoms with Crippen molar-refractivity contribution in [2.45, 2.75) is 13.8 Å². The number of aromatic nitrogens is 6. The molecular weight excluding hydrogens is 1010 g/mol. The van der Waals surface area contributed by atoms with Gasteiger partial charge in [-0.2, -0.15) is 0 Å². The van der Waals surface area contributed by atoms with Crippen molar-refractivity contribution >= 4 is 65.4 Å². The molecule has 0 aliphatic carbocycles. The minimum absolute atomic E-state index is 0.580. The molecule has 0 aliphatic heterocycles. The second-order valence-corrected chi connectivity index (χ2v) is 21.7. The Hall–Kier alpha value is -11.0. The highest BCUT2D eigenvalue weighted by atomic mass is 15.0. The molecule has 12 aromatic carbocycles. The Labute approximate surface area is 480 Å². The summed E-state index contributed by atoms with van der Waals surface area (Å²) in [5.41, 5.74) is 21.9. The fourth-order valence-corrected chi connectivity index (χ4v) is 12.9. The van der Waals surface area contributed by atoms with Gasteiger partial charge in [0.15, 0.2) is 17.5 Å². The minimum Gasteiger partial charge on any atom is -0.309 e. The lowest BCUT2D eigenvalue weighted by atomic mass is 9.92. The van der Waals surface area contributed by atoms with E-state index in [9.17, 15) is 0 Å². The fraction of sp³-hybridized carbons (Fsp3) is 0.0260. The van der Waals surface area contributed by atoms with Crippen molar-refractivity contribution in [2.75, 3.05) is 0 Å². The monoisotopic (exact) mass is 1060 g/mol. The Balaban J connectivity index is 0.994. The van der Waals surface area contributed by atoms with Crippen LogP contribution in [0.1, 0.15) is 11.1 Å². The molecule has 0 saturated carbocycles. The van der Waals surface area contributed by atoms with E-state index in [1.54, 1.807) is 0 Å². The van der Waals surface area contributed by atoms with Gasteiger partial charge in [-0.3, -0.25) is 0 Å². The van der Waals surface area contributed by atoms with Gasteiger partial charge in [0.05, 0.1) is 38.8 Å². The molecule has 0 unspecified atom stereocenters. The molecule has 0 saturated heterocycles. The highest BCUT2D eigenvalue weighted by molar-refractivity contribution is 6.13. The van der Waals surface area contributed by atoms with E-state index in [2.05, 4.69) is 270 Å². The van der Waals surface area contributed by atoms with Gasteiger partial charge in [0.2, 0.25) is 0 Å². The summed E-state index contributed by atoms with van der Waals surface area (Å²) in [4.78, 5) is 15.9. The van der Waals surface area contributed by atoms with Crippen molar-refractivity contribution in [3.8, 4) is 84.6 Å². The number of hydrogen-bond acceptors (Lipinski definition) is 3. The average Bonchev–Trinajstić information content (AvgIpc) is 4.30. The molecule has 4 heterocycles. The Bertz CT molecular complexity index is 4860. The van der Waals surface area contributed by atoms with Crippen LogP contribution in [0.4, 0.5) is 0 Å². The summed E-state index contributed by atoms with van der Waals surface area (Å²) in [6.07, 6.45) is 0. The first-order valence-corrected chi connectivity index (χ1v) is 28.3. The molecule has 0 atom stereocenters. The topological polar surface area (TPSA) is 53.5 Å². The lowest BCUT2D eigenvalue weighted by Gasteiger charge is -2.22. The number of rotatable bonds is 9. The van der Waals surface area contributed by atoms with Gasteiger partial charge >= 0.3 is 0 Å². The molecule has 0 spiro atoms. The van der Waals surface area contributed by atoms with Crippen molar-refractivity contribution < 1.29 is 0 Å². The molecule has 6 heteroatoms. The largest absolute Gasteiger partial charge is 0.309 e. The van der Waals surface area contributed by atoms with Gasteiger partial charge in [-0.1, -0.05) is 206 Å². The van der Waals surface area contributed by atoms with E-state index in [0.717, 1.165) is 67.0 Å². The molecule has 4 aromatic heterocycles. The lowest BCUT2D eigenvalue weighted by molar-refractivity contribution is 1.07. The molecule has 0 bridgehead atoms. The van der Waals surface area contributed by atoms with Crippen LogP contribution in [0.25, 0.3) is 150 Å². The van der Waals surface area contributed by atoms with Crippen LogP contribution in [0.3, 0.4) is 0 Å². The third-order valence-corrected chi connectivity index (χ3v) is 16.7. The van der Waals surface area contributed by atoms with Gasteiger partial charge < -0.3 is 13.7 Å². The average molecular weight is 1060 g/mol. The summed E-state index contributed by atoms with van der Waals surface area (Å²) in [5.74, 6) is 1.79. The van der Waals surface area contributed by atoms with Gasteiger partial charge in [-0.25, -0.2) is 15.0 Å². The van der Waals surface area contributed by atoms with Gasteiger partial charge in [0, 0.05) is 71.5 Å². The second-order valence-electron chi connectivity index (χ2n) is 21.7. The van der Waals surface area contributed by atoms with Crippen molar-refractivity contribution in [1.82, 2.24) is 28.7 Å². The third-order valence-electron chi connectivity index (χ3n) is 16.7. The second kappa shape index (κ2) is 19.4. The lowest BCUT2D eigenvalue weighted by Crippen LogP contribution is -2.04. The summed E-state index contributed by atoms with van der Waals surface area (Å²) in [6, 6.07) is 101. The highest BCUT2D eigenvalue weighted by Gasteiger charge is 2.25. The van der Waals surface area contributed by atoms with E-state index in [-0.39, 0.29) is 0 Å². The standard InChI is InChI=1S/C77H52N6/c1-49-33-43-59(50(2)45-49)55-38-44-73-67(46-55)64-27-13-18-32-72(64)83(73)74-65(51-34-39-57(40-35-51)81-68-28-14-9-23-60(68)61-24-10-15-29-69(61)81)47-56(77-79-75(53-19-5-3-6-20-53)78-76(80-77)54-21-7-4-8-22-54)48-66(74)52-36-41-58(42-37-52)82-70-30-16-11-25-62(70)63-26-12-17-31-71(63)82/h3-48H,1-2H3. The molecule has 390 valence electrons. The van der Waals surface area contributed by atoms with Crippen LogP contribution in [0.15, 0.2) is 279 Å². The Morgan fingerprint density at radius 2 is 0.602 bits per heavy atom. The SMILES string of the molecule is Cc1ccc(-c2ccc3c(c2)c2ccccc2n3-c2c(-c3ccc(-n4c5ccccc5c5ccccc54)cc3)cc(-c3nc(-c4ccccc4)nc(-c4ccccc4)n3)cc2-c2ccc(-n3c4ccccc4c4ccccc43)cc2)c(C)c1. The van der Waals surface area contributed by atoms with Crippen molar-refractivity contribution in [3.63, 3.8) is 0 Å². The van der Waals surface area contributed by atoms with Crippen LogP contribution < -0.4 is 0 Å². The van der Waals surface area contributed by atoms with Crippen LogP contribution in [-0.2, 0) is 0 Å². The van der Waals surface area contributed by atoms with Gasteiger partial charge in [-0.05, 0) is 121 Å².